The molecular weight excluding hydrogens is 236 g/mol. The van der Waals surface area contributed by atoms with E-state index in [1.165, 1.54) is 0 Å². The molecule has 17 heavy (non-hydrogen) atoms. The van der Waals surface area contributed by atoms with Crippen molar-refractivity contribution < 1.29 is 4.42 Å². The Labute approximate surface area is 105 Å². The van der Waals surface area contributed by atoms with Crippen molar-refractivity contribution in [1.82, 2.24) is 10.3 Å². The maximum atomic E-state index is 5.95. The van der Waals surface area contributed by atoms with Crippen molar-refractivity contribution in [3.05, 3.63) is 41.4 Å². The van der Waals surface area contributed by atoms with Crippen LogP contribution in [0.2, 0.25) is 5.02 Å². The fraction of sp³-hybridized carbons (Fsp3) is 0.308. The van der Waals surface area contributed by atoms with Crippen LogP contribution in [0.15, 0.2) is 34.9 Å². The molecule has 0 atom stereocenters. The molecule has 1 N–H and O–H groups in total. The fourth-order valence-corrected chi connectivity index (χ4v) is 2.11. The second-order valence-corrected chi connectivity index (χ2v) is 4.79. The molecule has 0 radical (unpaired) electrons. The third-order valence-electron chi connectivity index (χ3n) is 2.99. The molecule has 3 rings (SSSR count). The van der Waals surface area contributed by atoms with Crippen LogP contribution in [0, 0.1) is 5.92 Å². The lowest BCUT2D eigenvalue weighted by atomic mass is 10.00. The van der Waals surface area contributed by atoms with Gasteiger partial charge in [-0.25, -0.2) is 4.98 Å². The van der Waals surface area contributed by atoms with Crippen LogP contribution in [0.4, 0.5) is 0 Å². The monoisotopic (exact) mass is 248 g/mol. The number of nitrogens with one attached hydrogen (secondary N) is 1. The van der Waals surface area contributed by atoms with Crippen LogP contribution < -0.4 is 5.32 Å². The van der Waals surface area contributed by atoms with E-state index in [1.807, 2.05) is 24.3 Å². The molecule has 0 unspecified atom stereocenters. The molecule has 88 valence electrons. The Morgan fingerprint density at radius 1 is 1.41 bits per heavy atom. The molecule has 1 aliphatic rings. The van der Waals surface area contributed by atoms with Crippen molar-refractivity contribution in [1.29, 1.82) is 0 Å². The number of aromatic nitrogens is 1. The summed E-state index contributed by atoms with van der Waals surface area (Å²) in [4.78, 5) is 4.31. The molecule has 1 fully saturated rings. The van der Waals surface area contributed by atoms with Crippen molar-refractivity contribution >= 4 is 11.6 Å². The highest BCUT2D eigenvalue weighted by atomic mass is 35.5. The number of oxazole rings is 1. The first-order chi connectivity index (χ1) is 8.31. The first-order valence-corrected chi connectivity index (χ1v) is 6.10. The van der Waals surface area contributed by atoms with Crippen LogP contribution in [0.1, 0.15) is 5.89 Å². The maximum Gasteiger partial charge on any atom is 0.195 e. The third-order valence-corrected chi connectivity index (χ3v) is 3.23. The van der Waals surface area contributed by atoms with E-state index in [-0.39, 0.29) is 0 Å². The van der Waals surface area contributed by atoms with E-state index < -0.39 is 0 Å². The molecule has 3 nitrogen and oxygen atoms in total. The number of hydrogen-bond donors (Lipinski definition) is 1. The summed E-state index contributed by atoms with van der Waals surface area (Å²) < 4.78 is 5.73. The highest BCUT2D eigenvalue weighted by Crippen LogP contribution is 2.24. The lowest BCUT2D eigenvalue weighted by Crippen LogP contribution is -2.43. The normalized spacial score (nSPS) is 15.8. The summed E-state index contributed by atoms with van der Waals surface area (Å²) in [5, 5.41) is 3.95. The molecule has 2 aromatic rings. The number of hydrogen-bond acceptors (Lipinski definition) is 3. The number of nitrogens with zero attached hydrogens (tertiary/aromatic N) is 1. The number of rotatable bonds is 3. The van der Waals surface area contributed by atoms with Crippen molar-refractivity contribution in [3.63, 3.8) is 0 Å². The van der Waals surface area contributed by atoms with Gasteiger partial charge in [-0.2, -0.15) is 0 Å². The summed E-state index contributed by atoms with van der Waals surface area (Å²) in [6.45, 7) is 2.13. The molecule has 0 amide bonds. The largest absolute Gasteiger partial charge is 0.441 e. The summed E-state index contributed by atoms with van der Waals surface area (Å²) in [6.07, 6.45) is 2.68. The van der Waals surface area contributed by atoms with Gasteiger partial charge < -0.3 is 9.73 Å². The minimum atomic E-state index is 0.667. The van der Waals surface area contributed by atoms with Gasteiger partial charge in [-0.05, 0) is 31.1 Å². The molecule has 1 aliphatic heterocycles. The van der Waals surface area contributed by atoms with Crippen LogP contribution in [0.3, 0.4) is 0 Å². The minimum absolute atomic E-state index is 0.667. The molecule has 1 saturated heterocycles. The standard InChI is InChI=1S/C13H13ClN2O/c14-11-3-1-2-10(5-11)12-8-16-13(17-12)4-9-6-15-7-9/h1-3,5,8-9,15H,4,6-7H2. The van der Waals surface area contributed by atoms with Gasteiger partial charge in [0, 0.05) is 17.0 Å². The van der Waals surface area contributed by atoms with Gasteiger partial charge in [-0.1, -0.05) is 23.7 Å². The summed E-state index contributed by atoms with van der Waals surface area (Å²) in [7, 11) is 0. The maximum absolute atomic E-state index is 5.95. The molecule has 4 heteroatoms. The summed E-state index contributed by atoms with van der Waals surface area (Å²) in [5.41, 5.74) is 0.975. The van der Waals surface area contributed by atoms with Crippen LogP contribution >= 0.6 is 11.6 Å². The van der Waals surface area contributed by atoms with E-state index in [4.69, 9.17) is 16.0 Å². The molecule has 0 spiro atoms. The average Bonchev–Trinajstić information content (AvgIpc) is 2.72. The first kappa shape index (κ1) is 10.8. The Morgan fingerprint density at radius 2 is 2.29 bits per heavy atom. The van der Waals surface area contributed by atoms with Crippen molar-refractivity contribution in [2.24, 2.45) is 5.92 Å². The minimum Gasteiger partial charge on any atom is -0.441 e. The molecule has 1 aromatic heterocycles. The van der Waals surface area contributed by atoms with Gasteiger partial charge in [-0.3, -0.25) is 0 Å². The second kappa shape index (κ2) is 4.51. The predicted octanol–water partition coefficient (Wildman–Crippen LogP) is 2.76. The van der Waals surface area contributed by atoms with Crippen LogP contribution in [0.25, 0.3) is 11.3 Å². The Morgan fingerprint density at radius 3 is 3.00 bits per heavy atom. The van der Waals surface area contributed by atoms with Crippen LogP contribution in [0.5, 0.6) is 0 Å². The van der Waals surface area contributed by atoms with E-state index in [0.29, 0.717) is 10.9 Å². The lowest BCUT2D eigenvalue weighted by molar-refractivity contribution is 0.319. The first-order valence-electron chi connectivity index (χ1n) is 5.72. The van der Waals surface area contributed by atoms with E-state index in [2.05, 4.69) is 10.3 Å². The van der Waals surface area contributed by atoms with Crippen molar-refractivity contribution in [2.75, 3.05) is 13.1 Å². The van der Waals surface area contributed by atoms with E-state index >= 15 is 0 Å². The molecule has 2 heterocycles. The fourth-order valence-electron chi connectivity index (χ4n) is 1.92. The van der Waals surface area contributed by atoms with E-state index in [1.54, 1.807) is 6.20 Å². The summed E-state index contributed by atoms with van der Waals surface area (Å²) in [6, 6.07) is 7.62. The Balaban J connectivity index is 1.79. The SMILES string of the molecule is Clc1cccc(-c2cnc(CC3CNC3)o2)c1. The second-order valence-electron chi connectivity index (χ2n) is 4.36. The van der Waals surface area contributed by atoms with Gasteiger partial charge in [0.2, 0.25) is 0 Å². The third kappa shape index (κ3) is 2.35. The predicted molar refractivity (Wildman–Crippen MR) is 67.0 cm³/mol. The molecule has 1 aromatic carbocycles. The number of halogens is 1. The van der Waals surface area contributed by atoms with Gasteiger partial charge in [0.1, 0.15) is 0 Å². The van der Waals surface area contributed by atoms with Gasteiger partial charge in [0.05, 0.1) is 6.20 Å². The highest BCUT2D eigenvalue weighted by molar-refractivity contribution is 6.30. The topological polar surface area (TPSA) is 38.1 Å². The lowest BCUT2D eigenvalue weighted by Gasteiger charge is -2.25. The van der Waals surface area contributed by atoms with Gasteiger partial charge in [0.15, 0.2) is 11.7 Å². The average molecular weight is 249 g/mol. The van der Waals surface area contributed by atoms with Crippen LogP contribution in [-0.4, -0.2) is 18.1 Å². The van der Waals surface area contributed by atoms with E-state index in [0.717, 1.165) is 36.7 Å². The van der Waals surface area contributed by atoms with Crippen molar-refractivity contribution in [3.8, 4) is 11.3 Å². The zero-order valence-corrected chi connectivity index (χ0v) is 10.1. The Bertz CT molecular complexity index is 520. The molecule has 0 saturated carbocycles. The van der Waals surface area contributed by atoms with Crippen LogP contribution in [-0.2, 0) is 6.42 Å². The smallest absolute Gasteiger partial charge is 0.195 e. The van der Waals surface area contributed by atoms with Gasteiger partial charge in [0.25, 0.3) is 0 Å². The quantitative estimate of drug-likeness (QED) is 0.908. The summed E-state index contributed by atoms with van der Waals surface area (Å²) in [5.74, 6) is 2.27. The molecular formula is C13H13ClN2O. The molecule has 0 aliphatic carbocycles. The zero-order chi connectivity index (χ0) is 11.7. The Hall–Kier alpha value is -1.32. The zero-order valence-electron chi connectivity index (χ0n) is 9.32. The number of benzene rings is 1. The van der Waals surface area contributed by atoms with Gasteiger partial charge >= 0.3 is 0 Å². The van der Waals surface area contributed by atoms with E-state index in [9.17, 15) is 0 Å². The highest BCUT2D eigenvalue weighted by Gasteiger charge is 2.19. The summed E-state index contributed by atoms with van der Waals surface area (Å²) >= 11 is 5.95. The van der Waals surface area contributed by atoms with Crippen molar-refractivity contribution in [2.45, 2.75) is 6.42 Å². The van der Waals surface area contributed by atoms with Gasteiger partial charge in [-0.15, -0.1) is 0 Å². The molecule has 0 bridgehead atoms. The Kier molecular flexibility index (Phi) is 2.87.